The molecule has 2 atom stereocenters. The average Bonchev–Trinajstić information content (AvgIpc) is 2.86. The SMILES string of the molecule is O=C(O)C1CCCC1C(=O)c1ccc(OC(F)(F)F)cc1. The number of ketones is 1. The number of alkyl halides is 3. The van der Waals surface area contributed by atoms with Crippen LogP contribution in [-0.4, -0.2) is 23.2 Å². The number of hydrogen-bond acceptors (Lipinski definition) is 3. The Kier molecular flexibility index (Phi) is 4.20. The molecular weight excluding hydrogens is 289 g/mol. The van der Waals surface area contributed by atoms with Crippen molar-refractivity contribution in [2.24, 2.45) is 11.8 Å². The topological polar surface area (TPSA) is 63.6 Å². The van der Waals surface area contributed by atoms with E-state index in [9.17, 15) is 22.8 Å². The van der Waals surface area contributed by atoms with Crippen LogP contribution in [0.2, 0.25) is 0 Å². The third kappa shape index (κ3) is 3.74. The summed E-state index contributed by atoms with van der Waals surface area (Å²) >= 11 is 0. The first kappa shape index (κ1) is 15.3. The van der Waals surface area contributed by atoms with Crippen LogP contribution in [-0.2, 0) is 4.79 Å². The molecule has 0 saturated heterocycles. The van der Waals surface area contributed by atoms with E-state index in [-0.39, 0.29) is 11.3 Å². The van der Waals surface area contributed by atoms with Crippen molar-refractivity contribution in [3.05, 3.63) is 29.8 Å². The summed E-state index contributed by atoms with van der Waals surface area (Å²) in [6, 6.07) is 4.54. The van der Waals surface area contributed by atoms with Crippen LogP contribution in [0, 0.1) is 11.8 Å². The molecule has 21 heavy (non-hydrogen) atoms. The van der Waals surface area contributed by atoms with Gasteiger partial charge < -0.3 is 9.84 Å². The monoisotopic (exact) mass is 302 g/mol. The lowest BCUT2D eigenvalue weighted by molar-refractivity contribution is -0.274. The molecule has 0 spiro atoms. The van der Waals surface area contributed by atoms with Crippen molar-refractivity contribution in [3.8, 4) is 5.75 Å². The molecule has 114 valence electrons. The number of Topliss-reactive ketones (excluding diaryl/α,β-unsaturated/α-hetero) is 1. The second-order valence-corrected chi connectivity index (χ2v) is 4.92. The van der Waals surface area contributed by atoms with Gasteiger partial charge in [0.25, 0.3) is 0 Å². The van der Waals surface area contributed by atoms with Crippen LogP contribution in [0.5, 0.6) is 5.75 Å². The number of benzene rings is 1. The van der Waals surface area contributed by atoms with Gasteiger partial charge in [-0.3, -0.25) is 9.59 Å². The normalized spacial score (nSPS) is 22.0. The summed E-state index contributed by atoms with van der Waals surface area (Å²) in [5.41, 5.74) is 0.197. The predicted octanol–water partition coefficient (Wildman–Crippen LogP) is 3.27. The highest BCUT2D eigenvalue weighted by Gasteiger charge is 2.38. The van der Waals surface area contributed by atoms with Crippen LogP contribution >= 0.6 is 0 Å². The summed E-state index contributed by atoms with van der Waals surface area (Å²) in [7, 11) is 0. The Morgan fingerprint density at radius 3 is 2.19 bits per heavy atom. The number of carbonyl (C=O) groups excluding carboxylic acids is 1. The van der Waals surface area contributed by atoms with E-state index in [0.29, 0.717) is 19.3 Å². The fourth-order valence-corrected chi connectivity index (χ4v) is 2.60. The molecule has 0 bridgehead atoms. The Balaban J connectivity index is 2.11. The molecule has 1 aliphatic rings. The molecule has 7 heteroatoms. The van der Waals surface area contributed by atoms with E-state index in [1.54, 1.807) is 0 Å². The van der Waals surface area contributed by atoms with Crippen molar-refractivity contribution in [3.63, 3.8) is 0 Å². The van der Waals surface area contributed by atoms with Crippen LogP contribution in [0.25, 0.3) is 0 Å². The minimum Gasteiger partial charge on any atom is -0.481 e. The van der Waals surface area contributed by atoms with E-state index in [1.807, 2.05) is 0 Å². The average molecular weight is 302 g/mol. The molecule has 0 radical (unpaired) electrons. The van der Waals surface area contributed by atoms with E-state index < -0.39 is 29.9 Å². The summed E-state index contributed by atoms with van der Waals surface area (Å²) in [5, 5.41) is 9.05. The van der Waals surface area contributed by atoms with Gasteiger partial charge in [-0.25, -0.2) is 0 Å². The van der Waals surface area contributed by atoms with Gasteiger partial charge in [0.1, 0.15) is 5.75 Å². The standard InChI is InChI=1S/C14H13F3O4/c15-14(16,17)21-9-6-4-8(5-7-9)12(18)10-2-1-3-11(10)13(19)20/h4-7,10-11H,1-3H2,(H,19,20). The second-order valence-electron chi connectivity index (χ2n) is 4.92. The molecule has 1 saturated carbocycles. The molecule has 1 aromatic rings. The summed E-state index contributed by atoms with van der Waals surface area (Å²) in [6.45, 7) is 0. The Morgan fingerprint density at radius 2 is 1.67 bits per heavy atom. The van der Waals surface area contributed by atoms with Crippen molar-refractivity contribution < 1.29 is 32.6 Å². The van der Waals surface area contributed by atoms with Gasteiger partial charge in [-0.1, -0.05) is 6.42 Å². The van der Waals surface area contributed by atoms with E-state index >= 15 is 0 Å². The highest BCUT2D eigenvalue weighted by atomic mass is 19.4. The molecule has 1 fully saturated rings. The Bertz CT molecular complexity index is 536. The Hall–Kier alpha value is -2.05. The number of halogens is 3. The number of hydrogen-bond donors (Lipinski definition) is 1. The molecule has 1 aliphatic carbocycles. The van der Waals surface area contributed by atoms with Crippen LogP contribution < -0.4 is 4.74 Å². The van der Waals surface area contributed by atoms with E-state index in [2.05, 4.69) is 4.74 Å². The molecule has 2 rings (SSSR count). The van der Waals surface area contributed by atoms with Crippen molar-refractivity contribution in [2.45, 2.75) is 25.6 Å². The zero-order valence-electron chi connectivity index (χ0n) is 10.9. The highest BCUT2D eigenvalue weighted by Crippen LogP contribution is 2.34. The molecule has 0 amide bonds. The summed E-state index contributed by atoms with van der Waals surface area (Å²) in [5.74, 6) is -3.11. The first-order valence-electron chi connectivity index (χ1n) is 6.41. The number of rotatable bonds is 4. The van der Waals surface area contributed by atoms with Gasteiger partial charge in [-0.15, -0.1) is 13.2 Å². The van der Waals surface area contributed by atoms with Crippen LogP contribution in [0.15, 0.2) is 24.3 Å². The quantitative estimate of drug-likeness (QED) is 0.867. The number of carbonyl (C=O) groups is 2. The molecule has 2 unspecified atom stereocenters. The largest absolute Gasteiger partial charge is 0.573 e. The minimum absolute atomic E-state index is 0.197. The number of ether oxygens (including phenoxy) is 1. The first-order valence-corrected chi connectivity index (χ1v) is 6.41. The lowest BCUT2D eigenvalue weighted by Gasteiger charge is -2.15. The Labute approximate surface area is 118 Å². The maximum absolute atomic E-state index is 12.2. The van der Waals surface area contributed by atoms with Crippen LogP contribution in [0.3, 0.4) is 0 Å². The van der Waals surface area contributed by atoms with Gasteiger partial charge >= 0.3 is 12.3 Å². The molecule has 0 heterocycles. The van der Waals surface area contributed by atoms with Gasteiger partial charge in [0, 0.05) is 11.5 Å². The maximum Gasteiger partial charge on any atom is 0.573 e. The maximum atomic E-state index is 12.2. The third-order valence-corrected chi connectivity index (χ3v) is 3.54. The second kappa shape index (κ2) is 5.75. The molecule has 1 aromatic carbocycles. The van der Waals surface area contributed by atoms with Crippen LogP contribution in [0.4, 0.5) is 13.2 Å². The van der Waals surface area contributed by atoms with Crippen molar-refractivity contribution in [2.75, 3.05) is 0 Å². The van der Waals surface area contributed by atoms with E-state index in [0.717, 1.165) is 12.1 Å². The van der Waals surface area contributed by atoms with Crippen molar-refractivity contribution in [1.29, 1.82) is 0 Å². The van der Waals surface area contributed by atoms with Crippen molar-refractivity contribution >= 4 is 11.8 Å². The van der Waals surface area contributed by atoms with E-state index in [1.165, 1.54) is 12.1 Å². The lowest BCUT2D eigenvalue weighted by atomic mass is 9.88. The fourth-order valence-electron chi connectivity index (χ4n) is 2.60. The molecule has 0 aromatic heterocycles. The number of aliphatic carboxylic acids is 1. The van der Waals surface area contributed by atoms with Gasteiger partial charge in [0.2, 0.25) is 0 Å². The minimum atomic E-state index is -4.79. The molecule has 4 nitrogen and oxygen atoms in total. The molecular formula is C14H13F3O4. The lowest BCUT2D eigenvalue weighted by Crippen LogP contribution is -2.25. The number of carboxylic acids is 1. The van der Waals surface area contributed by atoms with Crippen LogP contribution in [0.1, 0.15) is 29.6 Å². The summed E-state index contributed by atoms with van der Waals surface area (Å²) in [4.78, 5) is 23.3. The van der Waals surface area contributed by atoms with Gasteiger partial charge in [-0.2, -0.15) is 0 Å². The zero-order chi connectivity index (χ0) is 15.6. The summed E-state index contributed by atoms with van der Waals surface area (Å²) in [6.07, 6.45) is -3.20. The smallest absolute Gasteiger partial charge is 0.481 e. The van der Waals surface area contributed by atoms with E-state index in [4.69, 9.17) is 5.11 Å². The molecule has 1 N–H and O–H groups in total. The summed E-state index contributed by atoms with van der Waals surface area (Å²) < 4.78 is 39.8. The molecule has 0 aliphatic heterocycles. The fraction of sp³-hybridized carbons (Fsp3) is 0.429. The van der Waals surface area contributed by atoms with Gasteiger partial charge in [-0.05, 0) is 37.1 Å². The van der Waals surface area contributed by atoms with Crippen molar-refractivity contribution in [1.82, 2.24) is 0 Å². The highest BCUT2D eigenvalue weighted by molar-refractivity contribution is 6.00. The number of carboxylic acid groups (broad SMARTS) is 1. The predicted molar refractivity (Wildman–Crippen MR) is 65.9 cm³/mol. The third-order valence-electron chi connectivity index (χ3n) is 3.54. The first-order chi connectivity index (χ1) is 9.78. The Morgan fingerprint density at radius 1 is 1.10 bits per heavy atom. The van der Waals surface area contributed by atoms with Gasteiger partial charge in [0.15, 0.2) is 5.78 Å². The zero-order valence-corrected chi connectivity index (χ0v) is 10.9. The van der Waals surface area contributed by atoms with Gasteiger partial charge in [0.05, 0.1) is 5.92 Å².